The average molecular weight is 226 g/mol. The highest BCUT2D eigenvalue weighted by atomic mass is 28.4. The molecule has 0 aliphatic rings. The van der Waals surface area contributed by atoms with Gasteiger partial charge in [-0.15, -0.1) is 0 Å². The zero-order valence-electron chi connectivity index (χ0n) is 11.2. The first-order chi connectivity index (χ1) is 6.81. The van der Waals surface area contributed by atoms with Gasteiger partial charge in [0.2, 0.25) is 0 Å². The SMILES string of the molecule is CC(C)=CCC/C(C)=C/CO[Si](C)(C)C. The van der Waals surface area contributed by atoms with Gasteiger partial charge in [-0.25, -0.2) is 0 Å². The molecule has 15 heavy (non-hydrogen) atoms. The van der Waals surface area contributed by atoms with Crippen molar-refractivity contribution < 1.29 is 4.43 Å². The smallest absolute Gasteiger partial charge is 0.184 e. The minimum atomic E-state index is -1.33. The summed E-state index contributed by atoms with van der Waals surface area (Å²) in [4.78, 5) is 0. The Bertz CT molecular complexity index is 229. The molecule has 0 heterocycles. The fourth-order valence-corrected chi connectivity index (χ4v) is 1.71. The maximum atomic E-state index is 5.77. The minimum absolute atomic E-state index is 0.788. The van der Waals surface area contributed by atoms with Crippen LogP contribution in [0.4, 0.5) is 0 Å². The van der Waals surface area contributed by atoms with Crippen molar-refractivity contribution in [3.05, 3.63) is 23.3 Å². The predicted molar refractivity (Wildman–Crippen MR) is 71.7 cm³/mol. The monoisotopic (exact) mass is 226 g/mol. The van der Waals surface area contributed by atoms with E-state index in [9.17, 15) is 0 Å². The Morgan fingerprint density at radius 1 is 1.07 bits per heavy atom. The lowest BCUT2D eigenvalue weighted by molar-refractivity contribution is 0.356. The molecule has 0 aromatic heterocycles. The van der Waals surface area contributed by atoms with Gasteiger partial charge >= 0.3 is 0 Å². The van der Waals surface area contributed by atoms with Crippen molar-refractivity contribution in [2.24, 2.45) is 0 Å². The largest absolute Gasteiger partial charge is 0.414 e. The summed E-state index contributed by atoms with van der Waals surface area (Å²) in [6, 6.07) is 0. The lowest BCUT2D eigenvalue weighted by Crippen LogP contribution is -2.25. The third-order valence-electron chi connectivity index (χ3n) is 2.04. The van der Waals surface area contributed by atoms with Crippen LogP contribution in [-0.2, 0) is 4.43 Å². The van der Waals surface area contributed by atoms with Crippen LogP contribution in [-0.4, -0.2) is 14.9 Å². The van der Waals surface area contributed by atoms with E-state index in [1.807, 2.05) is 0 Å². The van der Waals surface area contributed by atoms with Gasteiger partial charge in [0.25, 0.3) is 0 Å². The van der Waals surface area contributed by atoms with Gasteiger partial charge in [-0.1, -0.05) is 23.3 Å². The van der Waals surface area contributed by atoms with E-state index in [2.05, 4.69) is 52.6 Å². The molecule has 0 spiro atoms. The van der Waals surface area contributed by atoms with Gasteiger partial charge in [-0.3, -0.25) is 0 Å². The number of rotatable bonds is 6. The molecule has 0 radical (unpaired) electrons. The predicted octanol–water partition coefficient (Wildman–Crippen LogP) is 4.53. The second-order valence-corrected chi connectivity index (χ2v) is 9.81. The Balaban J connectivity index is 3.75. The van der Waals surface area contributed by atoms with Crippen molar-refractivity contribution in [2.75, 3.05) is 6.61 Å². The standard InChI is InChI=1S/C13H26OSi/c1-12(2)8-7-9-13(3)10-11-14-15(4,5)6/h8,10H,7,9,11H2,1-6H3/b13-10+. The maximum Gasteiger partial charge on any atom is 0.184 e. The fourth-order valence-electron chi connectivity index (χ4n) is 1.12. The molecule has 88 valence electrons. The van der Waals surface area contributed by atoms with Crippen molar-refractivity contribution in [1.82, 2.24) is 0 Å². The van der Waals surface area contributed by atoms with Crippen molar-refractivity contribution in [2.45, 2.75) is 53.3 Å². The van der Waals surface area contributed by atoms with E-state index in [0.29, 0.717) is 0 Å². The normalized spacial score (nSPS) is 12.8. The van der Waals surface area contributed by atoms with Gasteiger partial charge in [0.1, 0.15) is 0 Å². The molecule has 0 aromatic carbocycles. The molecule has 1 nitrogen and oxygen atoms in total. The van der Waals surface area contributed by atoms with Crippen LogP contribution in [0, 0.1) is 0 Å². The van der Waals surface area contributed by atoms with Gasteiger partial charge in [-0.05, 0) is 53.3 Å². The molecule has 0 fully saturated rings. The number of hydrogen-bond donors (Lipinski definition) is 0. The first kappa shape index (κ1) is 14.7. The highest BCUT2D eigenvalue weighted by Crippen LogP contribution is 2.08. The Labute approximate surface area is 96.4 Å². The van der Waals surface area contributed by atoms with Crippen molar-refractivity contribution in [3.8, 4) is 0 Å². The van der Waals surface area contributed by atoms with E-state index in [4.69, 9.17) is 4.43 Å². The van der Waals surface area contributed by atoms with Gasteiger partial charge in [0, 0.05) is 0 Å². The van der Waals surface area contributed by atoms with Crippen LogP contribution in [0.1, 0.15) is 33.6 Å². The Morgan fingerprint density at radius 2 is 1.67 bits per heavy atom. The molecule has 0 bridgehead atoms. The molecule has 0 saturated carbocycles. The summed E-state index contributed by atoms with van der Waals surface area (Å²) < 4.78 is 5.77. The summed E-state index contributed by atoms with van der Waals surface area (Å²) in [7, 11) is -1.33. The van der Waals surface area contributed by atoms with Gasteiger partial charge in [0.15, 0.2) is 8.32 Å². The molecule has 0 aliphatic heterocycles. The Hall–Kier alpha value is -0.343. The van der Waals surface area contributed by atoms with Gasteiger partial charge in [-0.2, -0.15) is 0 Å². The molecule has 0 amide bonds. The van der Waals surface area contributed by atoms with E-state index in [-0.39, 0.29) is 0 Å². The van der Waals surface area contributed by atoms with E-state index in [0.717, 1.165) is 19.4 Å². The lowest BCUT2D eigenvalue weighted by atomic mass is 10.1. The number of allylic oxidation sites excluding steroid dienone is 3. The molecular formula is C13H26OSi. The highest BCUT2D eigenvalue weighted by Gasteiger charge is 2.12. The van der Waals surface area contributed by atoms with Crippen LogP contribution in [0.15, 0.2) is 23.3 Å². The third kappa shape index (κ3) is 11.6. The van der Waals surface area contributed by atoms with Crippen LogP contribution in [0.5, 0.6) is 0 Å². The van der Waals surface area contributed by atoms with Crippen molar-refractivity contribution in [1.29, 1.82) is 0 Å². The quantitative estimate of drug-likeness (QED) is 0.477. The van der Waals surface area contributed by atoms with E-state index in [1.54, 1.807) is 0 Å². The highest BCUT2D eigenvalue weighted by molar-refractivity contribution is 6.69. The minimum Gasteiger partial charge on any atom is -0.414 e. The summed E-state index contributed by atoms with van der Waals surface area (Å²) in [5, 5.41) is 0. The van der Waals surface area contributed by atoms with Crippen LogP contribution in [0.2, 0.25) is 19.6 Å². The first-order valence-corrected chi connectivity index (χ1v) is 9.15. The van der Waals surface area contributed by atoms with Crippen LogP contribution >= 0.6 is 0 Å². The topological polar surface area (TPSA) is 9.23 Å². The van der Waals surface area contributed by atoms with Crippen molar-refractivity contribution >= 4 is 8.32 Å². The zero-order chi connectivity index (χ0) is 11.9. The molecule has 0 unspecified atom stereocenters. The van der Waals surface area contributed by atoms with E-state index >= 15 is 0 Å². The average Bonchev–Trinajstić information content (AvgIpc) is 2.00. The van der Waals surface area contributed by atoms with Gasteiger partial charge in [0.05, 0.1) is 6.61 Å². The molecule has 0 rings (SSSR count). The van der Waals surface area contributed by atoms with Gasteiger partial charge < -0.3 is 4.43 Å². The molecular weight excluding hydrogens is 200 g/mol. The Morgan fingerprint density at radius 3 is 2.13 bits per heavy atom. The molecule has 0 atom stereocenters. The molecule has 0 aliphatic carbocycles. The van der Waals surface area contributed by atoms with Crippen LogP contribution in [0.25, 0.3) is 0 Å². The molecule has 0 aromatic rings. The maximum absolute atomic E-state index is 5.77. The summed E-state index contributed by atoms with van der Waals surface area (Å²) in [6.07, 6.45) is 6.81. The summed E-state index contributed by atoms with van der Waals surface area (Å²) in [6.45, 7) is 13.9. The third-order valence-corrected chi connectivity index (χ3v) is 3.07. The Kier molecular flexibility index (Phi) is 6.86. The molecule has 0 N–H and O–H groups in total. The molecule has 0 saturated heterocycles. The molecule has 2 heteroatoms. The first-order valence-electron chi connectivity index (χ1n) is 5.74. The summed E-state index contributed by atoms with van der Waals surface area (Å²) >= 11 is 0. The van der Waals surface area contributed by atoms with E-state index in [1.165, 1.54) is 11.1 Å². The summed E-state index contributed by atoms with van der Waals surface area (Å²) in [5.74, 6) is 0. The fraction of sp³-hybridized carbons (Fsp3) is 0.692. The number of hydrogen-bond acceptors (Lipinski definition) is 1. The van der Waals surface area contributed by atoms with Crippen molar-refractivity contribution in [3.63, 3.8) is 0 Å². The summed E-state index contributed by atoms with van der Waals surface area (Å²) in [5.41, 5.74) is 2.84. The lowest BCUT2D eigenvalue weighted by Gasteiger charge is -2.15. The van der Waals surface area contributed by atoms with Crippen LogP contribution < -0.4 is 0 Å². The van der Waals surface area contributed by atoms with Crippen LogP contribution in [0.3, 0.4) is 0 Å². The van der Waals surface area contributed by atoms with E-state index < -0.39 is 8.32 Å². The second kappa shape index (κ2) is 7.02. The zero-order valence-corrected chi connectivity index (χ0v) is 12.2. The second-order valence-electron chi connectivity index (χ2n) is 5.29.